The summed E-state index contributed by atoms with van der Waals surface area (Å²) < 4.78 is 6.75. The van der Waals surface area contributed by atoms with Crippen molar-refractivity contribution in [1.29, 1.82) is 0 Å². The van der Waals surface area contributed by atoms with Gasteiger partial charge in [0, 0.05) is 10.9 Å². The maximum Gasteiger partial charge on any atom is 0.272 e. The highest BCUT2D eigenvalue weighted by atomic mass is 79.9. The molecule has 0 fully saturated rings. The molecule has 5 nitrogen and oxygen atoms in total. The van der Waals surface area contributed by atoms with E-state index < -0.39 is 0 Å². The second-order valence-corrected chi connectivity index (χ2v) is 9.46. The molecule has 1 heterocycles. The summed E-state index contributed by atoms with van der Waals surface area (Å²) in [5.74, 6) is 0.433. The first-order valence-corrected chi connectivity index (χ1v) is 12.6. The highest BCUT2D eigenvalue weighted by Gasteiger charge is 2.13. The number of benzene rings is 4. The summed E-state index contributed by atoms with van der Waals surface area (Å²) in [6.07, 6.45) is 1.61. The lowest BCUT2D eigenvalue weighted by molar-refractivity contribution is 0.0956. The van der Waals surface area contributed by atoms with Crippen LogP contribution >= 0.6 is 15.9 Å². The molecule has 1 N–H and O–H groups in total. The van der Waals surface area contributed by atoms with Crippen LogP contribution in [0, 0.1) is 6.92 Å². The van der Waals surface area contributed by atoms with Crippen LogP contribution < -0.4 is 10.2 Å². The maximum absolute atomic E-state index is 13.1. The van der Waals surface area contributed by atoms with Crippen LogP contribution in [-0.2, 0) is 6.61 Å². The summed E-state index contributed by atoms with van der Waals surface area (Å²) in [7, 11) is 0. The van der Waals surface area contributed by atoms with Gasteiger partial charge >= 0.3 is 0 Å². The minimum atomic E-state index is -0.302. The lowest BCUT2D eigenvalue weighted by Gasteiger charge is -2.10. The predicted molar refractivity (Wildman–Crippen MR) is 152 cm³/mol. The standard InChI is InChI=1S/C31H24BrN3O2/c1-21-11-13-22(14-12-21)20-37-30-16-15-23(17-27(30)32)19-33-35-31(36)26-18-29(24-7-3-2-4-8-24)34-28-10-6-5-9-25(26)28/h2-19H,20H2,1H3,(H,35,36)/b33-19+. The number of halogens is 1. The van der Waals surface area contributed by atoms with Gasteiger partial charge in [-0.05, 0) is 64.3 Å². The maximum atomic E-state index is 13.1. The van der Waals surface area contributed by atoms with Crippen molar-refractivity contribution in [2.45, 2.75) is 13.5 Å². The van der Waals surface area contributed by atoms with Gasteiger partial charge in [0.1, 0.15) is 12.4 Å². The van der Waals surface area contributed by atoms with Crippen molar-refractivity contribution in [2.75, 3.05) is 0 Å². The number of para-hydroxylation sites is 1. The first kappa shape index (κ1) is 24.4. The number of carbonyl (C=O) groups excluding carboxylic acids is 1. The lowest BCUT2D eigenvalue weighted by Crippen LogP contribution is -2.18. The number of ether oxygens (including phenoxy) is 1. The molecule has 5 aromatic rings. The Bertz CT molecular complexity index is 1580. The van der Waals surface area contributed by atoms with E-state index in [1.165, 1.54) is 5.56 Å². The Balaban J connectivity index is 1.29. The Morgan fingerprint density at radius 3 is 2.49 bits per heavy atom. The summed E-state index contributed by atoms with van der Waals surface area (Å²) in [6, 6.07) is 33.1. The largest absolute Gasteiger partial charge is 0.488 e. The number of fused-ring (bicyclic) bond motifs is 1. The summed E-state index contributed by atoms with van der Waals surface area (Å²) >= 11 is 3.57. The predicted octanol–water partition coefficient (Wildman–Crippen LogP) is 7.32. The van der Waals surface area contributed by atoms with E-state index in [0.717, 1.165) is 43.5 Å². The molecular weight excluding hydrogens is 526 g/mol. The molecule has 0 spiro atoms. The Labute approximate surface area is 224 Å². The molecule has 0 saturated heterocycles. The van der Waals surface area contributed by atoms with Gasteiger partial charge < -0.3 is 4.74 Å². The number of aryl methyl sites for hydroxylation is 1. The molecule has 1 amide bonds. The highest BCUT2D eigenvalue weighted by Crippen LogP contribution is 2.27. The molecular formula is C31H24BrN3O2. The number of hydrogen-bond acceptors (Lipinski definition) is 4. The zero-order valence-corrected chi connectivity index (χ0v) is 21.8. The molecule has 6 heteroatoms. The van der Waals surface area contributed by atoms with E-state index in [1.807, 2.05) is 72.8 Å². The number of aromatic nitrogens is 1. The molecule has 0 aliphatic carbocycles. The molecule has 0 unspecified atom stereocenters. The summed E-state index contributed by atoms with van der Waals surface area (Å²) in [5.41, 5.74) is 8.75. The van der Waals surface area contributed by atoms with Crippen molar-refractivity contribution in [3.63, 3.8) is 0 Å². The third-order valence-corrected chi connectivity index (χ3v) is 6.50. The van der Waals surface area contributed by atoms with Gasteiger partial charge in [-0.15, -0.1) is 0 Å². The lowest BCUT2D eigenvalue weighted by atomic mass is 10.0. The van der Waals surface area contributed by atoms with Gasteiger partial charge in [0.15, 0.2) is 0 Å². The van der Waals surface area contributed by atoms with Crippen molar-refractivity contribution in [3.05, 3.63) is 130 Å². The van der Waals surface area contributed by atoms with Crippen LogP contribution in [0.4, 0.5) is 0 Å². The Morgan fingerprint density at radius 1 is 0.946 bits per heavy atom. The first-order valence-electron chi connectivity index (χ1n) is 11.8. The molecule has 0 aliphatic heterocycles. The SMILES string of the molecule is Cc1ccc(COc2ccc(/C=N/NC(=O)c3cc(-c4ccccc4)nc4ccccc34)cc2Br)cc1. The number of nitrogens with one attached hydrogen (secondary N) is 1. The van der Waals surface area contributed by atoms with Gasteiger partial charge in [0.25, 0.3) is 5.91 Å². The van der Waals surface area contributed by atoms with Gasteiger partial charge in [0.2, 0.25) is 0 Å². The van der Waals surface area contributed by atoms with Gasteiger partial charge in [-0.1, -0.05) is 78.4 Å². The average molecular weight is 550 g/mol. The third-order valence-electron chi connectivity index (χ3n) is 5.88. The highest BCUT2D eigenvalue weighted by molar-refractivity contribution is 9.10. The third kappa shape index (κ3) is 5.93. The van der Waals surface area contributed by atoms with E-state index in [9.17, 15) is 4.79 Å². The van der Waals surface area contributed by atoms with Gasteiger partial charge in [-0.2, -0.15) is 5.10 Å². The quantitative estimate of drug-likeness (QED) is 0.171. The molecule has 0 aliphatic rings. The van der Waals surface area contributed by atoms with Crippen LogP contribution in [0.2, 0.25) is 0 Å². The fourth-order valence-electron chi connectivity index (χ4n) is 3.91. The molecule has 0 saturated carbocycles. The number of hydrazone groups is 1. The number of hydrogen-bond donors (Lipinski definition) is 1. The van der Waals surface area contributed by atoms with Crippen molar-refractivity contribution in [1.82, 2.24) is 10.4 Å². The zero-order chi connectivity index (χ0) is 25.6. The summed E-state index contributed by atoms with van der Waals surface area (Å²) in [5, 5.41) is 4.96. The number of nitrogens with zero attached hydrogens (tertiary/aromatic N) is 2. The second kappa shape index (κ2) is 11.2. The molecule has 5 rings (SSSR count). The number of rotatable bonds is 7. The molecule has 182 valence electrons. The first-order chi connectivity index (χ1) is 18.1. The summed E-state index contributed by atoms with van der Waals surface area (Å²) in [6.45, 7) is 2.54. The van der Waals surface area contributed by atoms with Crippen molar-refractivity contribution >= 4 is 39.0 Å². The van der Waals surface area contributed by atoms with Gasteiger partial charge in [-0.3, -0.25) is 4.79 Å². The fraction of sp³-hybridized carbons (Fsp3) is 0.0645. The van der Waals surface area contributed by atoms with E-state index >= 15 is 0 Å². The molecule has 0 atom stereocenters. The van der Waals surface area contributed by atoms with Crippen LogP contribution in [0.15, 0.2) is 113 Å². The number of pyridine rings is 1. The van der Waals surface area contributed by atoms with Crippen LogP contribution in [0.5, 0.6) is 5.75 Å². The van der Waals surface area contributed by atoms with Crippen molar-refractivity contribution in [2.24, 2.45) is 5.10 Å². The average Bonchev–Trinajstić information content (AvgIpc) is 2.93. The van der Waals surface area contributed by atoms with E-state index in [0.29, 0.717) is 12.2 Å². The van der Waals surface area contributed by atoms with Crippen LogP contribution in [-0.4, -0.2) is 17.1 Å². The Kier molecular flexibility index (Phi) is 7.38. The molecule has 0 radical (unpaired) electrons. The van der Waals surface area contributed by atoms with Crippen LogP contribution in [0.25, 0.3) is 22.2 Å². The van der Waals surface area contributed by atoms with E-state index in [4.69, 9.17) is 9.72 Å². The van der Waals surface area contributed by atoms with Crippen LogP contribution in [0.1, 0.15) is 27.0 Å². The molecule has 4 aromatic carbocycles. The fourth-order valence-corrected chi connectivity index (χ4v) is 4.42. The Morgan fingerprint density at radius 2 is 1.70 bits per heavy atom. The van der Waals surface area contributed by atoms with Gasteiger partial charge in [-0.25, -0.2) is 10.4 Å². The van der Waals surface area contributed by atoms with Gasteiger partial charge in [0.05, 0.1) is 27.5 Å². The monoisotopic (exact) mass is 549 g/mol. The van der Waals surface area contributed by atoms with E-state index in [2.05, 4.69) is 57.6 Å². The van der Waals surface area contributed by atoms with Crippen molar-refractivity contribution < 1.29 is 9.53 Å². The minimum Gasteiger partial charge on any atom is -0.488 e. The summed E-state index contributed by atoms with van der Waals surface area (Å²) in [4.78, 5) is 17.8. The minimum absolute atomic E-state index is 0.302. The molecule has 0 bridgehead atoms. The molecule has 1 aromatic heterocycles. The Hall–Kier alpha value is -4.29. The van der Waals surface area contributed by atoms with Crippen LogP contribution in [0.3, 0.4) is 0 Å². The topological polar surface area (TPSA) is 63.6 Å². The number of amides is 1. The van der Waals surface area contributed by atoms with Crippen molar-refractivity contribution in [3.8, 4) is 17.0 Å². The number of carbonyl (C=O) groups is 1. The molecule has 37 heavy (non-hydrogen) atoms. The smallest absolute Gasteiger partial charge is 0.272 e. The second-order valence-electron chi connectivity index (χ2n) is 8.60. The normalized spacial score (nSPS) is 11.1. The van der Waals surface area contributed by atoms with E-state index in [-0.39, 0.29) is 5.91 Å². The zero-order valence-electron chi connectivity index (χ0n) is 20.2. The van der Waals surface area contributed by atoms with E-state index in [1.54, 1.807) is 12.3 Å².